The molecule has 3 rings (SSSR count). The van der Waals surface area contributed by atoms with Crippen molar-refractivity contribution >= 4 is 16.9 Å². The van der Waals surface area contributed by atoms with E-state index in [0.29, 0.717) is 5.69 Å². The van der Waals surface area contributed by atoms with Crippen molar-refractivity contribution < 1.29 is 4.39 Å². The summed E-state index contributed by atoms with van der Waals surface area (Å²) in [5.74, 6) is -0.270. The molecular formula is C21H20FN3. The first kappa shape index (κ1) is 16.8. The van der Waals surface area contributed by atoms with Crippen molar-refractivity contribution in [3.05, 3.63) is 78.5 Å². The molecular weight excluding hydrogens is 313 g/mol. The molecule has 3 nitrogen and oxygen atoms in total. The van der Waals surface area contributed by atoms with Crippen LogP contribution in [0, 0.1) is 5.82 Å². The van der Waals surface area contributed by atoms with Gasteiger partial charge in [0.15, 0.2) is 0 Å². The first-order chi connectivity index (χ1) is 12.2. The van der Waals surface area contributed by atoms with Gasteiger partial charge in [-0.3, -0.25) is 4.98 Å². The van der Waals surface area contributed by atoms with Gasteiger partial charge in [0.25, 0.3) is 0 Å². The maximum absolute atomic E-state index is 13.5. The lowest BCUT2D eigenvalue weighted by molar-refractivity contribution is 0.628. The van der Waals surface area contributed by atoms with Crippen LogP contribution in [0.25, 0.3) is 16.8 Å². The highest BCUT2D eigenvalue weighted by atomic mass is 19.1. The van der Waals surface area contributed by atoms with Crippen LogP contribution in [-0.2, 0) is 0 Å². The molecule has 1 aromatic carbocycles. The Morgan fingerprint density at radius 2 is 2.00 bits per heavy atom. The molecule has 1 N–H and O–H groups in total. The second kappa shape index (κ2) is 7.71. The molecule has 0 amide bonds. The highest BCUT2D eigenvalue weighted by Crippen LogP contribution is 2.27. The van der Waals surface area contributed by atoms with Gasteiger partial charge < -0.3 is 5.32 Å². The number of benzene rings is 1. The van der Waals surface area contributed by atoms with E-state index in [4.69, 9.17) is 4.98 Å². The molecule has 0 aliphatic heterocycles. The topological polar surface area (TPSA) is 37.8 Å². The lowest BCUT2D eigenvalue weighted by atomic mass is 10.1. The van der Waals surface area contributed by atoms with Crippen molar-refractivity contribution in [2.24, 2.45) is 0 Å². The molecule has 0 radical (unpaired) electrons. The van der Waals surface area contributed by atoms with E-state index >= 15 is 0 Å². The maximum Gasteiger partial charge on any atom is 0.125 e. The van der Waals surface area contributed by atoms with Crippen LogP contribution in [0.1, 0.15) is 26.0 Å². The summed E-state index contributed by atoms with van der Waals surface area (Å²) < 4.78 is 13.5. The van der Waals surface area contributed by atoms with Crippen molar-refractivity contribution in [3.63, 3.8) is 0 Å². The predicted molar refractivity (Wildman–Crippen MR) is 101 cm³/mol. The summed E-state index contributed by atoms with van der Waals surface area (Å²) in [6, 6.07) is 14.2. The summed E-state index contributed by atoms with van der Waals surface area (Å²) in [7, 11) is 0. The van der Waals surface area contributed by atoms with Crippen molar-refractivity contribution in [1.29, 1.82) is 0 Å². The van der Waals surface area contributed by atoms with Crippen LogP contribution in [0.4, 0.5) is 15.8 Å². The third kappa shape index (κ3) is 4.29. The van der Waals surface area contributed by atoms with Gasteiger partial charge in [0.1, 0.15) is 5.82 Å². The van der Waals surface area contributed by atoms with E-state index in [1.165, 1.54) is 12.1 Å². The van der Waals surface area contributed by atoms with Crippen molar-refractivity contribution in [2.75, 3.05) is 5.32 Å². The van der Waals surface area contributed by atoms with Crippen LogP contribution < -0.4 is 5.32 Å². The summed E-state index contributed by atoms with van der Waals surface area (Å²) >= 11 is 0. The van der Waals surface area contributed by atoms with Gasteiger partial charge in [0.05, 0.1) is 11.4 Å². The third-order valence-corrected chi connectivity index (χ3v) is 3.81. The average Bonchev–Trinajstić information content (AvgIpc) is 2.62. The maximum atomic E-state index is 13.5. The average molecular weight is 333 g/mol. The van der Waals surface area contributed by atoms with Gasteiger partial charge in [0.2, 0.25) is 0 Å². The molecule has 2 aromatic heterocycles. The summed E-state index contributed by atoms with van der Waals surface area (Å²) in [5.41, 5.74) is 5.33. The third-order valence-electron chi connectivity index (χ3n) is 3.81. The summed E-state index contributed by atoms with van der Waals surface area (Å²) in [5, 5.41) is 3.26. The standard InChI is InChI=1S/C21H20FN3/c1-3-6-15(2)20-12-19(24-18-9-4-8-17(22)11-18)13-21(25-20)16-7-5-10-23-14-16/h4-14H,3H2,1-2H3,(H,24,25)/b15-6+. The Bertz CT molecular complexity index is 889. The van der Waals surface area contributed by atoms with E-state index in [1.807, 2.05) is 37.3 Å². The molecule has 25 heavy (non-hydrogen) atoms. The van der Waals surface area contributed by atoms with Gasteiger partial charge in [-0.05, 0) is 61.4 Å². The van der Waals surface area contributed by atoms with Gasteiger partial charge in [-0.15, -0.1) is 0 Å². The van der Waals surface area contributed by atoms with E-state index in [-0.39, 0.29) is 5.82 Å². The normalized spacial score (nSPS) is 11.4. The molecule has 0 saturated heterocycles. The molecule has 0 fully saturated rings. The van der Waals surface area contributed by atoms with Crippen LogP contribution in [0.15, 0.2) is 67.0 Å². The summed E-state index contributed by atoms with van der Waals surface area (Å²) in [6.45, 7) is 4.14. The Hall–Kier alpha value is -3.01. The number of allylic oxidation sites excluding steroid dienone is 2. The summed E-state index contributed by atoms with van der Waals surface area (Å²) in [6.07, 6.45) is 6.61. The number of hydrogen-bond donors (Lipinski definition) is 1. The lowest BCUT2D eigenvalue weighted by Gasteiger charge is -2.12. The molecule has 4 heteroatoms. The highest BCUT2D eigenvalue weighted by Gasteiger charge is 2.07. The second-order valence-electron chi connectivity index (χ2n) is 5.80. The van der Waals surface area contributed by atoms with Gasteiger partial charge in [-0.2, -0.15) is 0 Å². The Labute approximate surface area is 147 Å². The molecule has 2 heterocycles. The minimum Gasteiger partial charge on any atom is -0.355 e. The Morgan fingerprint density at radius 1 is 1.12 bits per heavy atom. The molecule has 0 spiro atoms. The lowest BCUT2D eigenvalue weighted by Crippen LogP contribution is -1.97. The Balaban J connectivity index is 2.04. The largest absolute Gasteiger partial charge is 0.355 e. The Morgan fingerprint density at radius 3 is 2.72 bits per heavy atom. The van der Waals surface area contributed by atoms with Crippen LogP contribution in [0.2, 0.25) is 0 Å². The van der Waals surface area contributed by atoms with Gasteiger partial charge in [0, 0.05) is 29.3 Å². The monoisotopic (exact) mass is 333 g/mol. The molecule has 0 aliphatic carbocycles. The highest BCUT2D eigenvalue weighted by molar-refractivity contribution is 5.73. The van der Waals surface area contributed by atoms with Crippen LogP contribution in [0.3, 0.4) is 0 Å². The van der Waals surface area contributed by atoms with Gasteiger partial charge in [-0.25, -0.2) is 9.37 Å². The minimum absolute atomic E-state index is 0.270. The number of anilines is 2. The first-order valence-corrected chi connectivity index (χ1v) is 8.28. The number of rotatable bonds is 5. The quantitative estimate of drug-likeness (QED) is 0.637. The second-order valence-corrected chi connectivity index (χ2v) is 5.80. The first-order valence-electron chi connectivity index (χ1n) is 8.28. The molecule has 0 saturated carbocycles. The fourth-order valence-electron chi connectivity index (χ4n) is 2.61. The van der Waals surface area contributed by atoms with E-state index in [9.17, 15) is 4.39 Å². The number of nitrogens with one attached hydrogen (secondary N) is 1. The van der Waals surface area contributed by atoms with E-state index in [2.05, 4.69) is 23.3 Å². The zero-order valence-corrected chi connectivity index (χ0v) is 14.3. The number of pyridine rings is 2. The zero-order valence-electron chi connectivity index (χ0n) is 14.3. The van der Waals surface area contributed by atoms with E-state index < -0.39 is 0 Å². The van der Waals surface area contributed by atoms with Crippen LogP contribution in [0.5, 0.6) is 0 Å². The fourth-order valence-corrected chi connectivity index (χ4v) is 2.61. The minimum atomic E-state index is -0.270. The molecule has 0 unspecified atom stereocenters. The number of halogens is 1. The fraction of sp³-hybridized carbons (Fsp3) is 0.143. The number of hydrogen-bond acceptors (Lipinski definition) is 3. The van der Waals surface area contributed by atoms with Gasteiger partial charge >= 0.3 is 0 Å². The van der Waals surface area contributed by atoms with Crippen molar-refractivity contribution in [1.82, 2.24) is 9.97 Å². The Kier molecular flexibility index (Phi) is 5.19. The number of nitrogens with zero attached hydrogens (tertiary/aromatic N) is 2. The van der Waals surface area contributed by atoms with Gasteiger partial charge in [-0.1, -0.05) is 19.1 Å². The van der Waals surface area contributed by atoms with Crippen molar-refractivity contribution in [3.8, 4) is 11.3 Å². The zero-order chi connectivity index (χ0) is 17.6. The molecule has 3 aromatic rings. The molecule has 0 bridgehead atoms. The van der Waals surface area contributed by atoms with Crippen LogP contribution >= 0.6 is 0 Å². The smallest absolute Gasteiger partial charge is 0.125 e. The SMILES string of the molecule is CC/C=C(\C)c1cc(Nc2cccc(F)c2)cc(-c2cccnc2)n1. The number of aromatic nitrogens is 2. The van der Waals surface area contributed by atoms with Crippen molar-refractivity contribution in [2.45, 2.75) is 20.3 Å². The summed E-state index contributed by atoms with van der Waals surface area (Å²) in [4.78, 5) is 8.93. The molecule has 126 valence electrons. The van der Waals surface area contributed by atoms with E-state index in [1.54, 1.807) is 18.5 Å². The van der Waals surface area contributed by atoms with Crippen LogP contribution in [-0.4, -0.2) is 9.97 Å². The van der Waals surface area contributed by atoms with E-state index in [0.717, 1.165) is 34.6 Å². The molecule has 0 aliphatic rings. The molecule has 0 atom stereocenters. The predicted octanol–water partition coefficient (Wildman–Crippen LogP) is 5.84.